The van der Waals surface area contributed by atoms with E-state index in [2.05, 4.69) is 10.2 Å². The van der Waals surface area contributed by atoms with E-state index in [-0.39, 0.29) is 5.92 Å². The van der Waals surface area contributed by atoms with E-state index in [0.29, 0.717) is 11.8 Å². The predicted molar refractivity (Wildman–Crippen MR) is 67.7 cm³/mol. The second-order valence-electron chi connectivity index (χ2n) is 4.24. The molecule has 1 rings (SSSR count). The highest BCUT2D eigenvalue weighted by Gasteiger charge is 2.12. The normalized spacial score (nSPS) is 13.4. The second-order valence-corrected chi connectivity index (χ2v) is 4.24. The number of hydrogen-bond acceptors (Lipinski definition) is 5. The van der Waals surface area contributed by atoms with Crippen molar-refractivity contribution in [3.8, 4) is 0 Å². The number of aromatic nitrogens is 2. The van der Waals surface area contributed by atoms with Crippen molar-refractivity contribution in [3.63, 3.8) is 0 Å². The van der Waals surface area contributed by atoms with Crippen molar-refractivity contribution >= 4 is 5.57 Å². The molecular weight excluding hydrogens is 216 g/mol. The van der Waals surface area contributed by atoms with Crippen LogP contribution in [0.4, 0.5) is 0 Å². The van der Waals surface area contributed by atoms with E-state index < -0.39 is 0 Å². The molecule has 0 spiro atoms. The molecule has 0 bridgehead atoms. The lowest BCUT2D eigenvalue weighted by Crippen LogP contribution is -2.23. The minimum Gasteiger partial charge on any atom is -0.420 e. The highest BCUT2D eigenvalue weighted by atomic mass is 16.4. The SMILES string of the molecule is C/C=C(\C=C(\C)N(C)N)c1nnc(C(C)C)o1. The Bertz CT molecular complexity index is 429. The Hall–Kier alpha value is -1.62. The molecule has 1 heterocycles. The van der Waals surface area contributed by atoms with Gasteiger partial charge in [0, 0.05) is 24.2 Å². The van der Waals surface area contributed by atoms with Gasteiger partial charge < -0.3 is 9.43 Å². The summed E-state index contributed by atoms with van der Waals surface area (Å²) in [7, 11) is 1.78. The standard InChI is InChI=1S/C12H20N4O/c1-6-10(7-9(4)16(5)13)12-15-14-11(17-12)8(2)3/h6-8H,13H2,1-5H3/b9-7-,10-6+. The summed E-state index contributed by atoms with van der Waals surface area (Å²) in [5, 5.41) is 9.58. The van der Waals surface area contributed by atoms with Crippen molar-refractivity contribution in [2.24, 2.45) is 5.84 Å². The monoisotopic (exact) mass is 236 g/mol. The third-order valence-corrected chi connectivity index (χ3v) is 2.41. The van der Waals surface area contributed by atoms with Crippen LogP contribution in [-0.4, -0.2) is 22.3 Å². The zero-order chi connectivity index (χ0) is 13.0. The molecule has 17 heavy (non-hydrogen) atoms. The molecule has 0 saturated carbocycles. The molecule has 0 amide bonds. The topological polar surface area (TPSA) is 68.2 Å². The minimum atomic E-state index is 0.233. The van der Waals surface area contributed by atoms with Crippen molar-refractivity contribution in [3.05, 3.63) is 29.6 Å². The molecule has 5 nitrogen and oxygen atoms in total. The number of nitrogens with zero attached hydrogens (tertiary/aromatic N) is 3. The van der Waals surface area contributed by atoms with Gasteiger partial charge in [-0.15, -0.1) is 10.2 Å². The van der Waals surface area contributed by atoms with E-state index in [1.165, 1.54) is 0 Å². The molecule has 94 valence electrons. The van der Waals surface area contributed by atoms with E-state index >= 15 is 0 Å². The summed E-state index contributed by atoms with van der Waals surface area (Å²) in [5.74, 6) is 7.04. The summed E-state index contributed by atoms with van der Waals surface area (Å²) < 4.78 is 5.58. The third-order valence-electron chi connectivity index (χ3n) is 2.41. The van der Waals surface area contributed by atoms with Crippen LogP contribution in [0.1, 0.15) is 45.4 Å². The van der Waals surface area contributed by atoms with Crippen LogP contribution in [0.2, 0.25) is 0 Å². The maximum Gasteiger partial charge on any atom is 0.247 e. The molecule has 0 aromatic carbocycles. The van der Waals surface area contributed by atoms with Gasteiger partial charge in [-0.05, 0) is 19.9 Å². The van der Waals surface area contributed by atoms with E-state index in [4.69, 9.17) is 10.3 Å². The van der Waals surface area contributed by atoms with Gasteiger partial charge in [-0.25, -0.2) is 5.84 Å². The summed E-state index contributed by atoms with van der Waals surface area (Å²) >= 11 is 0. The van der Waals surface area contributed by atoms with E-state index in [1.54, 1.807) is 12.1 Å². The van der Waals surface area contributed by atoms with E-state index in [1.807, 2.05) is 39.8 Å². The molecule has 1 aromatic heterocycles. The Labute approximate surface area is 102 Å². The molecule has 0 atom stereocenters. The van der Waals surface area contributed by atoms with Crippen molar-refractivity contribution < 1.29 is 4.42 Å². The molecule has 0 radical (unpaired) electrons. The smallest absolute Gasteiger partial charge is 0.247 e. The Balaban J connectivity index is 2.99. The maximum absolute atomic E-state index is 5.64. The summed E-state index contributed by atoms with van der Waals surface area (Å²) in [6, 6.07) is 0. The van der Waals surface area contributed by atoms with Gasteiger partial charge in [0.1, 0.15) is 0 Å². The minimum absolute atomic E-state index is 0.233. The van der Waals surface area contributed by atoms with Gasteiger partial charge in [0.05, 0.1) is 0 Å². The molecule has 0 aliphatic carbocycles. The van der Waals surface area contributed by atoms with E-state index in [9.17, 15) is 0 Å². The van der Waals surface area contributed by atoms with Crippen molar-refractivity contribution in [1.82, 2.24) is 15.2 Å². The van der Waals surface area contributed by atoms with Crippen LogP contribution in [0.5, 0.6) is 0 Å². The molecule has 0 aliphatic rings. The van der Waals surface area contributed by atoms with Gasteiger partial charge in [-0.2, -0.15) is 0 Å². The molecule has 2 N–H and O–H groups in total. The van der Waals surface area contributed by atoms with Crippen LogP contribution in [-0.2, 0) is 0 Å². The number of nitrogens with two attached hydrogens (primary N) is 1. The van der Waals surface area contributed by atoms with Gasteiger partial charge in [0.25, 0.3) is 0 Å². The maximum atomic E-state index is 5.64. The first-order chi connectivity index (χ1) is 7.95. The molecule has 0 fully saturated rings. The fraction of sp³-hybridized carbons (Fsp3) is 0.500. The molecule has 5 heteroatoms. The average molecular weight is 236 g/mol. The molecule has 0 unspecified atom stereocenters. The summed E-state index contributed by atoms with van der Waals surface area (Å²) in [5.41, 5.74) is 1.79. The molecule has 0 aliphatic heterocycles. The Morgan fingerprint density at radius 3 is 2.47 bits per heavy atom. The highest BCUT2D eigenvalue weighted by Crippen LogP contribution is 2.20. The van der Waals surface area contributed by atoms with Crippen LogP contribution in [0.15, 0.2) is 22.3 Å². The third kappa shape index (κ3) is 3.42. The Kier molecular flexibility index (Phi) is 4.45. The van der Waals surface area contributed by atoms with Gasteiger partial charge in [0.15, 0.2) is 0 Å². The predicted octanol–water partition coefficient (Wildman–Crippen LogP) is 2.31. The van der Waals surface area contributed by atoms with Crippen LogP contribution in [0.25, 0.3) is 5.57 Å². The Morgan fingerprint density at radius 2 is 2.06 bits per heavy atom. The molecule has 0 saturated heterocycles. The number of allylic oxidation sites excluding steroid dienone is 4. The van der Waals surface area contributed by atoms with Gasteiger partial charge in [0.2, 0.25) is 11.8 Å². The summed E-state index contributed by atoms with van der Waals surface area (Å²) in [6.07, 6.45) is 3.84. The fourth-order valence-corrected chi connectivity index (χ4v) is 1.18. The fourth-order valence-electron chi connectivity index (χ4n) is 1.18. The van der Waals surface area contributed by atoms with Crippen molar-refractivity contribution in [2.45, 2.75) is 33.6 Å². The number of hydrazine groups is 1. The van der Waals surface area contributed by atoms with Gasteiger partial charge >= 0.3 is 0 Å². The number of rotatable bonds is 4. The lowest BCUT2D eigenvalue weighted by atomic mass is 10.2. The second kappa shape index (κ2) is 5.63. The zero-order valence-electron chi connectivity index (χ0n) is 11.1. The van der Waals surface area contributed by atoms with Gasteiger partial charge in [-0.3, -0.25) is 0 Å². The number of hydrogen-bond donors (Lipinski definition) is 1. The lowest BCUT2D eigenvalue weighted by molar-refractivity contribution is 0.441. The van der Waals surface area contributed by atoms with E-state index in [0.717, 1.165) is 11.3 Å². The first kappa shape index (κ1) is 13.4. The molecule has 1 aromatic rings. The highest BCUT2D eigenvalue weighted by molar-refractivity contribution is 5.68. The van der Waals surface area contributed by atoms with Crippen LogP contribution >= 0.6 is 0 Å². The zero-order valence-corrected chi connectivity index (χ0v) is 11.1. The van der Waals surface area contributed by atoms with Crippen molar-refractivity contribution in [1.29, 1.82) is 0 Å². The quantitative estimate of drug-likeness (QED) is 0.493. The first-order valence-corrected chi connectivity index (χ1v) is 5.62. The average Bonchev–Trinajstić information content (AvgIpc) is 2.74. The van der Waals surface area contributed by atoms with Crippen LogP contribution < -0.4 is 5.84 Å². The van der Waals surface area contributed by atoms with Crippen LogP contribution in [0.3, 0.4) is 0 Å². The largest absolute Gasteiger partial charge is 0.420 e. The van der Waals surface area contributed by atoms with Gasteiger partial charge in [-0.1, -0.05) is 19.9 Å². The summed E-state index contributed by atoms with van der Waals surface area (Å²) in [4.78, 5) is 0. The first-order valence-electron chi connectivity index (χ1n) is 5.62. The van der Waals surface area contributed by atoms with Crippen molar-refractivity contribution in [2.75, 3.05) is 7.05 Å². The Morgan fingerprint density at radius 1 is 1.41 bits per heavy atom. The molecular formula is C12H20N4O. The van der Waals surface area contributed by atoms with Crippen LogP contribution in [0, 0.1) is 0 Å². The summed E-state index contributed by atoms with van der Waals surface area (Å²) in [6.45, 7) is 7.88. The lowest BCUT2D eigenvalue weighted by Gasteiger charge is -2.12.